The van der Waals surface area contributed by atoms with Gasteiger partial charge in [0.2, 0.25) is 0 Å². The quantitative estimate of drug-likeness (QED) is 0.644. The van der Waals surface area contributed by atoms with E-state index in [1.165, 1.54) is 52.1 Å². The van der Waals surface area contributed by atoms with E-state index in [1.807, 2.05) is 0 Å². The summed E-state index contributed by atoms with van der Waals surface area (Å²) in [6, 6.07) is 0.895. The molecule has 0 aliphatic carbocycles. The molecule has 0 amide bonds. The van der Waals surface area contributed by atoms with Crippen LogP contribution >= 0.6 is 0 Å². The first-order valence-corrected chi connectivity index (χ1v) is 6.83. The van der Waals surface area contributed by atoms with Crippen molar-refractivity contribution in [1.82, 2.24) is 14.7 Å². The Bertz CT molecular complexity index is 234. The van der Waals surface area contributed by atoms with Crippen molar-refractivity contribution < 1.29 is 0 Å². The van der Waals surface area contributed by atoms with Gasteiger partial charge in [-0.2, -0.15) is 0 Å². The van der Waals surface area contributed by atoms with Gasteiger partial charge in [-0.1, -0.05) is 0 Å². The largest absolute Gasteiger partial charge is 0.306 e. The lowest BCUT2D eigenvalue weighted by molar-refractivity contribution is 0.132. The topological polar surface area (TPSA) is 9.72 Å². The highest BCUT2D eigenvalue weighted by molar-refractivity contribution is 4.95. The monoisotopic (exact) mass is 223 g/mol. The fourth-order valence-corrected chi connectivity index (χ4v) is 3.92. The summed E-state index contributed by atoms with van der Waals surface area (Å²) in [6.07, 6.45) is 2.79. The van der Waals surface area contributed by atoms with Gasteiger partial charge in [-0.3, -0.25) is 4.90 Å². The smallest absolute Gasteiger partial charge is 0.0120 e. The molecule has 3 heterocycles. The molecule has 0 aromatic carbocycles. The van der Waals surface area contributed by atoms with Crippen LogP contribution in [-0.4, -0.2) is 74.1 Å². The molecule has 3 saturated heterocycles. The second-order valence-corrected chi connectivity index (χ2v) is 6.23. The number of likely N-dealkylation sites (tertiary alicyclic amines) is 3. The summed E-state index contributed by atoms with van der Waals surface area (Å²) >= 11 is 0. The molecule has 0 aromatic rings. The molecule has 0 spiro atoms. The third kappa shape index (κ3) is 2.01. The molecule has 16 heavy (non-hydrogen) atoms. The van der Waals surface area contributed by atoms with Crippen molar-refractivity contribution in [2.75, 3.05) is 53.4 Å². The highest BCUT2D eigenvalue weighted by Crippen LogP contribution is 2.33. The standard InChI is InChI=1S/C13H25N3/c1-14-5-3-13(4-6-14)16-9-11-7-15(2)8-12(11)10-16/h11-13H,3-10H2,1-2H3. The van der Waals surface area contributed by atoms with Gasteiger partial charge in [0.15, 0.2) is 0 Å². The maximum Gasteiger partial charge on any atom is 0.0120 e. The van der Waals surface area contributed by atoms with E-state index in [0.717, 1.165) is 17.9 Å². The molecule has 0 bridgehead atoms. The summed E-state index contributed by atoms with van der Waals surface area (Å²) in [4.78, 5) is 7.79. The van der Waals surface area contributed by atoms with E-state index in [0.29, 0.717) is 0 Å². The Labute approximate surface area is 99.4 Å². The Morgan fingerprint density at radius 1 is 0.750 bits per heavy atom. The molecule has 2 atom stereocenters. The molecular weight excluding hydrogens is 198 g/mol. The Morgan fingerprint density at radius 2 is 1.31 bits per heavy atom. The van der Waals surface area contributed by atoms with Crippen LogP contribution in [0.15, 0.2) is 0 Å². The van der Waals surface area contributed by atoms with Gasteiger partial charge < -0.3 is 9.80 Å². The van der Waals surface area contributed by atoms with E-state index in [2.05, 4.69) is 28.8 Å². The van der Waals surface area contributed by atoms with Crippen molar-refractivity contribution >= 4 is 0 Å². The van der Waals surface area contributed by atoms with Gasteiger partial charge in [0, 0.05) is 32.2 Å². The molecule has 0 saturated carbocycles. The first-order chi connectivity index (χ1) is 7.72. The van der Waals surface area contributed by atoms with Gasteiger partial charge in [0.25, 0.3) is 0 Å². The van der Waals surface area contributed by atoms with E-state index in [9.17, 15) is 0 Å². The van der Waals surface area contributed by atoms with Crippen molar-refractivity contribution in [2.45, 2.75) is 18.9 Å². The second kappa shape index (κ2) is 4.28. The number of hydrogen-bond donors (Lipinski definition) is 0. The number of hydrogen-bond acceptors (Lipinski definition) is 3. The fraction of sp³-hybridized carbons (Fsp3) is 1.00. The van der Waals surface area contributed by atoms with E-state index in [4.69, 9.17) is 0 Å². The molecule has 3 heteroatoms. The number of piperidine rings is 1. The van der Waals surface area contributed by atoms with Crippen LogP contribution in [0.1, 0.15) is 12.8 Å². The first-order valence-electron chi connectivity index (χ1n) is 6.83. The summed E-state index contributed by atoms with van der Waals surface area (Å²) in [7, 11) is 4.53. The molecule has 0 N–H and O–H groups in total. The normalized spacial score (nSPS) is 39.4. The Hall–Kier alpha value is -0.120. The van der Waals surface area contributed by atoms with Crippen LogP contribution in [0, 0.1) is 11.8 Å². The molecule has 3 aliphatic rings. The maximum absolute atomic E-state index is 2.80. The van der Waals surface area contributed by atoms with Gasteiger partial charge in [-0.25, -0.2) is 0 Å². The SMILES string of the molecule is CN1CCC(N2CC3CN(C)CC3C2)CC1. The molecule has 3 nitrogen and oxygen atoms in total. The minimum Gasteiger partial charge on any atom is -0.306 e. The molecule has 3 aliphatic heterocycles. The van der Waals surface area contributed by atoms with Crippen LogP contribution < -0.4 is 0 Å². The van der Waals surface area contributed by atoms with E-state index in [-0.39, 0.29) is 0 Å². The summed E-state index contributed by atoms with van der Waals surface area (Å²) in [5.41, 5.74) is 0. The van der Waals surface area contributed by atoms with Crippen LogP contribution in [0.4, 0.5) is 0 Å². The van der Waals surface area contributed by atoms with E-state index in [1.54, 1.807) is 0 Å². The summed E-state index contributed by atoms with van der Waals surface area (Å²) in [6.45, 7) is 8.04. The minimum absolute atomic E-state index is 0.895. The van der Waals surface area contributed by atoms with E-state index >= 15 is 0 Å². The molecule has 3 rings (SSSR count). The highest BCUT2D eigenvalue weighted by Gasteiger charge is 2.40. The minimum atomic E-state index is 0.895. The van der Waals surface area contributed by atoms with Crippen molar-refractivity contribution in [3.8, 4) is 0 Å². The summed E-state index contributed by atoms with van der Waals surface area (Å²) in [5.74, 6) is 1.95. The first kappa shape index (κ1) is 11.0. The molecule has 0 radical (unpaired) electrons. The van der Waals surface area contributed by atoms with Crippen molar-refractivity contribution in [3.63, 3.8) is 0 Å². The molecule has 2 unspecified atom stereocenters. The van der Waals surface area contributed by atoms with Gasteiger partial charge in [0.05, 0.1) is 0 Å². The van der Waals surface area contributed by atoms with Gasteiger partial charge >= 0.3 is 0 Å². The van der Waals surface area contributed by atoms with Gasteiger partial charge in [-0.15, -0.1) is 0 Å². The number of rotatable bonds is 1. The van der Waals surface area contributed by atoms with Gasteiger partial charge in [-0.05, 0) is 51.9 Å². The zero-order valence-electron chi connectivity index (χ0n) is 10.7. The Kier molecular flexibility index (Phi) is 2.94. The lowest BCUT2D eigenvalue weighted by Crippen LogP contribution is -2.43. The number of nitrogens with zero attached hydrogens (tertiary/aromatic N) is 3. The number of fused-ring (bicyclic) bond motifs is 1. The van der Waals surface area contributed by atoms with E-state index < -0.39 is 0 Å². The maximum atomic E-state index is 2.80. The van der Waals surface area contributed by atoms with Crippen LogP contribution in [0.3, 0.4) is 0 Å². The third-order valence-electron chi connectivity index (χ3n) is 4.90. The molecule has 3 fully saturated rings. The second-order valence-electron chi connectivity index (χ2n) is 6.23. The van der Waals surface area contributed by atoms with Crippen LogP contribution in [0.2, 0.25) is 0 Å². The molecular formula is C13H25N3. The van der Waals surface area contributed by atoms with Crippen LogP contribution in [0.5, 0.6) is 0 Å². The lowest BCUT2D eigenvalue weighted by atomic mass is 10.0. The zero-order valence-corrected chi connectivity index (χ0v) is 10.7. The third-order valence-corrected chi connectivity index (χ3v) is 4.90. The molecule has 92 valence electrons. The van der Waals surface area contributed by atoms with Crippen LogP contribution in [-0.2, 0) is 0 Å². The van der Waals surface area contributed by atoms with Gasteiger partial charge in [0.1, 0.15) is 0 Å². The Balaban J connectivity index is 1.55. The predicted molar refractivity (Wildman–Crippen MR) is 66.6 cm³/mol. The van der Waals surface area contributed by atoms with Crippen molar-refractivity contribution in [1.29, 1.82) is 0 Å². The predicted octanol–water partition coefficient (Wildman–Crippen LogP) is 0.574. The van der Waals surface area contributed by atoms with Crippen molar-refractivity contribution in [3.05, 3.63) is 0 Å². The lowest BCUT2D eigenvalue weighted by Gasteiger charge is -2.35. The fourth-order valence-electron chi connectivity index (χ4n) is 3.92. The Morgan fingerprint density at radius 3 is 1.88 bits per heavy atom. The van der Waals surface area contributed by atoms with Crippen molar-refractivity contribution in [2.24, 2.45) is 11.8 Å². The van der Waals surface area contributed by atoms with Crippen LogP contribution in [0.25, 0.3) is 0 Å². The average Bonchev–Trinajstić information content (AvgIpc) is 2.75. The molecule has 0 aromatic heterocycles. The summed E-state index contributed by atoms with van der Waals surface area (Å²) < 4.78 is 0. The highest BCUT2D eigenvalue weighted by atomic mass is 15.3. The average molecular weight is 223 g/mol. The zero-order chi connectivity index (χ0) is 11.1. The summed E-state index contributed by atoms with van der Waals surface area (Å²) in [5, 5.41) is 0.